The molecule has 0 aliphatic heterocycles. The summed E-state index contributed by atoms with van der Waals surface area (Å²) < 4.78 is 21.3. The minimum absolute atomic E-state index is 0.00605. The molecule has 4 rings (SSSR count). The van der Waals surface area contributed by atoms with Gasteiger partial charge in [-0.3, -0.25) is 14.4 Å². The number of Topliss-reactive ketones (excluding diaryl/α,β-unsaturated/α-hetero) is 2. The number of carbonyl (C=O) groups excluding carboxylic acids is 5. The molecule has 216 valence electrons. The van der Waals surface area contributed by atoms with Gasteiger partial charge in [0, 0.05) is 24.2 Å². The Labute approximate surface area is 230 Å². The molecule has 0 N–H and O–H groups in total. The Bertz CT molecular complexity index is 1060. The number of ether oxygens (including phenoxy) is 4. The molecule has 39 heavy (non-hydrogen) atoms. The topological polar surface area (TPSA) is 122 Å². The van der Waals surface area contributed by atoms with E-state index >= 15 is 0 Å². The molecule has 6 atom stereocenters. The highest BCUT2D eigenvalue weighted by molar-refractivity contribution is 5.95. The van der Waals surface area contributed by atoms with E-state index in [1.165, 1.54) is 0 Å². The van der Waals surface area contributed by atoms with Crippen molar-refractivity contribution in [3.63, 3.8) is 0 Å². The van der Waals surface area contributed by atoms with Crippen LogP contribution in [0.5, 0.6) is 0 Å². The average molecular weight is 547 g/mol. The van der Waals surface area contributed by atoms with Crippen molar-refractivity contribution in [3.05, 3.63) is 11.6 Å². The van der Waals surface area contributed by atoms with Gasteiger partial charge in [0.05, 0.1) is 13.2 Å². The zero-order valence-corrected chi connectivity index (χ0v) is 23.8. The molecule has 9 nitrogen and oxygen atoms in total. The molecule has 3 fully saturated rings. The largest absolute Gasteiger partial charge is 0.509 e. The zero-order valence-electron chi connectivity index (χ0n) is 23.8. The van der Waals surface area contributed by atoms with Crippen molar-refractivity contribution in [1.29, 1.82) is 0 Å². The van der Waals surface area contributed by atoms with Crippen LogP contribution in [0.2, 0.25) is 0 Å². The molecule has 3 saturated carbocycles. The molecule has 0 saturated heterocycles. The van der Waals surface area contributed by atoms with Crippen molar-refractivity contribution in [2.75, 3.05) is 19.8 Å². The van der Waals surface area contributed by atoms with Crippen molar-refractivity contribution < 1.29 is 42.9 Å². The highest BCUT2D eigenvalue weighted by Gasteiger charge is 2.71. The van der Waals surface area contributed by atoms with Crippen LogP contribution in [-0.4, -0.2) is 55.1 Å². The summed E-state index contributed by atoms with van der Waals surface area (Å²) in [4.78, 5) is 64.9. The Morgan fingerprint density at radius 1 is 1.00 bits per heavy atom. The van der Waals surface area contributed by atoms with E-state index < -0.39 is 35.7 Å². The van der Waals surface area contributed by atoms with Crippen LogP contribution >= 0.6 is 0 Å². The van der Waals surface area contributed by atoms with Gasteiger partial charge in [-0.25, -0.2) is 9.59 Å². The standard InChI is InChI=1S/C30H42O9/c1-6-13-36-27(35)39-30(24(33)17-38-26(34)37-16-18(2)3)12-10-22-21-8-7-19-14-20(31)9-11-28(19,4)25(21)23(32)15-29(22,30)5/h14,18,21-22,25H,6-13,15-17H2,1-5H3/t21-,22-,25+,28-,29-,30-/m0/s1. The normalized spacial score (nSPS) is 35.3. The van der Waals surface area contributed by atoms with E-state index in [1.54, 1.807) is 6.08 Å². The number of rotatable bonds is 8. The third-order valence-corrected chi connectivity index (χ3v) is 9.76. The molecule has 0 bridgehead atoms. The number of hydrogen-bond donors (Lipinski definition) is 0. The lowest BCUT2D eigenvalue weighted by atomic mass is 9.46. The van der Waals surface area contributed by atoms with Crippen LogP contribution in [0.1, 0.15) is 86.0 Å². The third kappa shape index (κ3) is 5.13. The second-order valence-electron chi connectivity index (χ2n) is 12.6. The predicted octanol–water partition coefficient (Wildman–Crippen LogP) is 5.38. The van der Waals surface area contributed by atoms with E-state index in [4.69, 9.17) is 18.9 Å². The van der Waals surface area contributed by atoms with Crippen LogP contribution in [0, 0.1) is 34.5 Å². The molecular formula is C30H42O9. The quantitative estimate of drug-likeness (QED) is 0.369. The molecule has 4 aliphatic rings. The zero-order chi connectivity index (χ0) is 28.6. The minimum Gasteiger partial charge on any atom is -0.434 e. The summed E-state index contributed by atoms with van der Waals surface area (Å²) in [6, 6.07) is 0. The average Bonchev–Trinajstić information content (AvgIpc) is 3.17. The second kappa shape index (κ2) is 11.0. The Hall–Kier alpha value is -2.71. The molecule has 0 aromatic heterocycles. The smallest absolute Gasteiger partial charge is 0.434 e. The van der Waals surface area contributed by atoms with E-state index in [-0.39, 0.29) is 66.7 Å². The fraction of sp³-hybridized carbons (Fsp3) is 0.767. The number of ketones is 3. The lowest BCUT2D eigenvalue weighted by Crippen LogP contribution is -2.62. The third-order valence-electron chi connectivity index (χ3n) is 9.76. The second-order valence-corrected chi connectivity index (χ2v) is 12.6. The molecule has 0 aromatic carbocycles. The molecule has 0 spiro atoms. The summed E-state index contributed by atoms with van der Waals surface area (Å²) in [6.07, 6.45) is 3.79. The van der Waals surface area contributed by atoms with Crippen molar-refractivity contribution in [3.8, 4) is 0 Å². The summed E-state index contributed by atoms with van der Waals surface area (Å²) in [5, 5.41) is 0. The van der Waals surface area contributed by atoms with E-state index in [0.29, 0.717) is 25.7 Å². The fourth-order valence-corrected chi connectivity index (χ4v) is 7.93. The SMILES string of the molecule is CCCOC(=O)O[C@]1(C(=O)COC(=O)OCC(C)C)CC[C@H]2[C@@H]3CCC4=CC(=O)CC[C@]4(C)[C@H]3C(=O)C[C@@]21C. The first-order chi connectivity index (χ1) is 18.4. The summed E-state index contributed by atoms with van der Waals surface area (Å²) >= 11 is 0. The van der Waals surface area contributed by atoms with Crippen molar-refractivity contribution in [2.45, 2.75) is 91.6 Å². The molecular weight excluding hydrogens is 504 g/mol. The van der Waals surface area contributed by atoms with Gasteiger partial charge in [-0.1, -0.05) is 40.2 Å². The van der Waals surface area contributed by atoms with Crippen molar-refractivity contribution >= 4 is 29.7 Å². The van der Waals surface area contributed by atoms with Gasteiger partial charge >= 0.3 is 12.3 Å². The fourth-order valence-electron chi connectivity index (χ4n) is 7.93. The van der Waals surface area contributed by atoms with Gasteiger partial charge in [-0.2, -0.15) is 0 Å². The minimum atomic E-state index is -1.67. The molecule has 0 heterocycles. The summed E-state index contributed by atoms with van der Waals surface area (Å²) in [7, 11) is 0. The molecule has 0 radical (unpaired) electrons. The van der Waals surface area contributed by atoms with E-state index in [0.717, 1.165) is 18.4 Å². The highest BCUT2D eigenvalue weighted by atomic mass is 16.7. The Morgan fingerprint density at radius 3 is 2.44 bits per heavy atom. The number of fused-ring (bicyclic) bond motifs is 5. The van der Waals surface area contributed by atoms with Gasteiger partial charge in [-0.05, 0) is 67.8 Å². The van der Waals surface area contributed by atoms with Gasteiger partial charge in [0.2, 0.25) is 5.78 Å². The molecule has 0 aromatic rings. The first kappa shape index (κ1) is 29.3. The van der Waals surface area contributed by atoms with E-state index in [2.05, 4.69) is 6.92 Å². The molecule has 0 unspecified atom stereocenters. The predicted molar refractivity (Wildman–Crippen MR) is 140 cm³/mol. The van der Waals surface area contributed by atoms with Crippen LogP contribution in [0.25, 0.3) is 0 Å². The first-order valence-electron chi connectivity index (χ1n) is 14.3. The lowest BCUT2D eigenvalue weighted by molar-refractivity contribution is -0.175. The molecule has 0 amide bonds. The number of allylic oxidation sites excluding steroid dienone is 1. The Kier molecular flexibility index (Phi) is 8.29. The monoisotopic (exact) mass is 546 g/mol. The lowest BCUT2D eigenvalue weighted by Gasteiger charge is -2.57. The van der Waals surface area contributed by atoms with Crippen LogP contribution < -0.4 is 0 Å². The maximum absolute atomic E-state index is 14.0. The van der Waals surface area contributed by atoms with E-state index in [9.17, 15) is 24.0 Å². The summed E-state index contributed by atoms with van der Waals surface area (Å²) in [6.45, 7) is 9.23. The van der Waals surface area contributed by atoms with Crippen LogP contribution in [0.4, 0.5) is 9.59 Å². The Balaban J connectivity index is 1.63. The van der Waals surface area contributed by atoms with Gasteiger partial charge in [-0.15, -0.1) is 0 Å². The van der Waals surface area contributed by atoms with Crippen LogP contribution in [-0.2, 0) is 33.3 Å². The summed E-state index contributed by atoms with van der Waals surface area (Å²) in [5.74, 6) is -0.639. The van der Waals surface area contributed by atoms with Gasteiger partial charge < -0.3 is 18.9 Å². The van der Waals surface area contributed by atoms with Gasteiger partial charge in [0.15, 0.2) is 18.0 Å². The van der Waals surface area contributed by atoms with Crippen molar-refractivity contribution in [2.24, 2.45) is 34.5 Å². The number of hydrogen-bond acceptors (Lipinski definition) is 9. The maximum atomic E-state index is 14.0. The summed E-state index contributed by atoms with van der Waals surface area (Å²) in [5.41, 5.74) is -1.97. The van der Waals surface area contributed by atoms with Gasteiger partial charge in [0.1, 0.15) is 5.78 Å². The van der Waals surface area contributed by atoms with Crippen LogP contribution in [0.15, 0.2) is 11.6 Å². The van der Waals surface area contributed by atoms with Crippen molar-refractivity contribution in [1.82, 2.24) is 0 Å². The highest BCUT2D eigenvalue weighted by Crippen LogP contribution is 2.67. The van der Waals surface area contributed by atoms with Crippen LogP contribution in [0.3, 0.4) is 0 Å². The Morgan fingerprint density at radius 2 is 1.74 bits per heavy atom. The first-order valence-corrected chi connectivity index (χ1v) is 14.3. The molecule has 4 aliphatic carbocycles. The molecule has 9 heteroatoms. The van der Waals surface area contributed by atoms with Gasteiger partial charge in [0.25, 0.3) is 0 Å². The number of carbonyl (C=O) groups is 5. The van der Waals surface area contributed by atoms with E-state index in [1.807, 2.05) is 27.7 Å². The maximum Gasteiger partial charge on any atom is 0.509 e.